The van der Waals surface area contributed by atoms with Crippen LogP contribution in [-0.4, -0.2) is 46.1 Å². The molecule has 0 radical (unpaired) electrons. The first-order valence-electron chi connectivity index (χ1n) is 12.3. The Bertz CT molecular complexity index is 1040. The van der Waals surface area contributed by atoms with Gasteiger partial charge in [-0.25, -0.2) is 0 Å². The highest BCUT2D eigenvalue weighted by Gasteiger charge is 2.14. The van der Waals surface area contributed by atoms with Crippen molar-refractivity contribution < 1.29 is 9.90 Å². The number of aliphatic hydroxyl groups excluding tert-OH is 1. The largest absolute Gasteiger partial charge is 0.390 e. The van der Waals surface area contributed by atoms with Gasteiger partial charge in [0.1, 0.15) is 0 Å². The molecule has 0 aliphatic heterocycles. The molecule has 0 fully saturated rings. The fourth-order valence-corrected chi connectivity index (χ4v) is 4.18. The highest BCUT2D eigenvalue weighted by molar-refractivity contribution is 6.07. The molecule has 0 unspecified atom stereocenters. The van der Waals surface area contributed by atoms with E-state index in [0.29, 0.717) is 18.7 Å². The van der Waals surface area contributed by atoms with Crippen LogP contribution in [0.1, 0.15) is 61.0 Å². The number of carbonyl (C=O) groups excluding carboxylic acids is 1. The summed E-state index contributed by atoms with van der Waals surface area (Å²) in [6, 6.07) is 15.8. The van der Waals surface area contributed by atoms with Gasteiger partial charge < -0.3 is 14.6 Å². The summed E-state index contributed by atoms with van der Waals surface area (Å²) in [6.07, 6.45) is 9.79. The number of aromatic nitrogens is 1. The lowest BCUT2D eigenvalue weighted by Crippen LogP contribution is -2.36. The molecule has 1 atom stereocenters. The molecule has 3 aromatic rings. The van der Waals surface area contributed by atoms with Gasteiger partial charge in [0.2, 0.25) is 0 Å². The lowest BCUT2D eigenvalue weighted by atomic mass is 10.1. The number of carbonyl (C=O) groups is 1. The second-order valence-corrected chi connectivity index (χ2v) is 8.98. The van der Waals surface area contributed by atoms with Gasteiger partial charge in [0.25, 0.3) is 0 Å². The summed E-state index contributed by atoms with van der Waals surface area (Å²) in [5.41, 5.74) is 3.90. The number of aliphatic hydroxyl groups is 1. The van der Waals surface area contributed by atoms with Crippen molar-refractivity contribution in [2.75, 3.05) is 19.6 Å². The zero-order valence-electron chi connectivity index (χ0n) is 20.3. The van der Waals surface area contributed by atoms with E-state index in [1.165, 1.54) is 0 Å². The van der Waals surface area contributed by atoms with E-state index in [1.807, 2.05) is 49.4 Å². The Morgan fingerprint density at radius 3 is 2.36 bits per heavy atom. The Labute approximate surface area is 198 Å². The molecule has 0 saturated carbocycles. The molecule has 176 valence electrons. The van der Waals surface area contributed by atoms with Gasteiger partial charge in [0.15, 0.2) is 5.78 Å². The SMILES string of the molecule is CCCCN(CCCC)C[C@H](O)Cn1cc(/C=C/C(=O)c2ccc(C)cc2)c2ccccc21. The summed E-state index contributed by atoms with van der Waals surface area (Å²) >= 11 is 0. The van der Waals surface area contributed by atoms with E-state index in [9.17, 15) is 9.90 Å². The maximum atomic E-state index is 12.6. The predicted molar refractivity (Wildman–Crippen MR) is 139 cm³/mol. The molecule has 3 rings (SSSR count). The summed E-state index contributed by atoms with van der Waals surface area (Å²) in [5.74, 6) is -0.00523. The maximum absolute atomic E-state index is 12.6. The Balaban J connectivity index is 1.74. The molecule has 0 amide bonds. The van der Waals surface area contributed by atoms with E-state index in [-0.39, 0.29) is 5.78 Å². The number of hydrogen-bond donors (Lipinski definition) is 1. The van der Waals surface area contributed by atoms with Gasteiger partial charge in [0.05, 0.1) is 6.10 Å². The van der Waals surface area contributed by atoms with Gasteiger partial charge in [-0.1, -0.05) is 74.7 Å². The van der Waals surface area contributed by atoms with Gasteiger partial charge in [-0.2, -0.15) is 0 Å². The van der Waals surface area contributed by atoms with Crippen LogP contribution in [0, 0.1) is 6.92 Å². The van der Waals surface area contributed by atoms with Crippen LogP contribution in [0.2, 0.25) is 0 Å². The van der Waals surface area contributed by atoms with Gasteiger partial charge in [0, 0.05) is 41.3 Å². The van der Waals surface area contributed by atoms with Crippen LogP contribution in [0.5, 0.6) is 0 Å². The first-order valence-corrected chi connectivity index (χ1v) is 12.3. The second kappa shape index (κ2) is 12.5. The van der Waals surface area contributed by atoms with Gasteiger partial charge in [-0.3, -0.25) is 4.79 Å². The topological polar surface area (TPSA) is 45.5 Å². The molecule has 33 heavy (non-hydrogen) atoms. The Kier molecular flexibility index (Phi) is 9.47. The Hall–Kier alpha value is -2.69. The summed E-state index contributed by atoms with van der Waals surface area (Å²) in [6.45, 7) is 9.72. The first-order chi connectivity index (χ1) is 16.0. The summed E-state index contributed by atoms with van der Waals surface area (Å²) in [7, 11) is 0. The maximum Gasteiger partial charge on any atom is 0.185 e. The number of fused-ring (bicyclic) bond motifs is 1. The number of hydrogen-bond acceptors (Lipinski definition) is 3. The molecule has 2 aromatic carbocycles. The van der Waals surface area contributed by atoms with E-state index >= 15 is 0 Å². The number of unbranched alkanes of at least 4 members (excludes halogenated alkanes) is 2. The zero-order valence-corrected chi connectivity index (χ0v) is 20.3. The van der Waals surface area contributed by atoms with Crippen molar-refractivity contribution in [3.63, 3.8) is 0 Å². The van der Waals surface area contributed by atoms with Crippen LogP contribution in [0.3, 0.4) is 0 Å². The highest BCUT2D eigenvalue weighted by atomic mass is 16.3. The van der Waals surface area contributed by atoms with Crippen molar-refractivity contribution in [3.05, 3.63) is 77.5 Å². The minimum Gasteiger partial charge on any atom is -0.390 e. The van der Waals surface area contributed by atoms with Crippen LogP contribution < -0.4 is 0 Å². The second-order valence-electron chi connectivity index (χ2n) is 8.98. The van der Waals surface area contributed by atoms with Crippen LogP contribution in [0.15, 0.2) is 60.8 Å². The number of rotatable bonds is 13. The third kappa shape index (κ3) is 7.15. The molecule has 0 aliphatic rings. The van der Waals surface area contributed by atoms with Crippen LogP contribution in [0.25, 0.3) is 17.0 Å². The van der Waals surface area contributed by atoms with E-state index in [0.717, 1.165) is 60.8 Å². The average molecular weight is 447 g/mol. The summed E-state index contributed by atoms with van der Waals surface area (Å²) in [5, 5.41) is 12.0. The summed E-state index contributed by atoms with van der Waals surface area (Å²) < 4.78 is 2.12. The summed E-state index contributed by atoms with van der Waals surface area (Å²) in [4.78, 5) is 15.0. The Morgan fingerprint density at radius 1 is 1.03 bits per heavy atom. The molecular formula is C29H38N2O2. The molecule has 4 nitrogen and oxygen atoms in total. The van der Waals surface area contributed by atoms with Gasteiger partial charge in [-0.15, -0.1) is 0 Å². The number of benzene rings is 2. The fourth-order valence-electron chi connectivity index (χ4n) is 4.18. The molecule has 0 saturated heterocycles. The Morgan fingerprint density at radius 2 is 1.70 bits per heavy atom. The number of allylic oxidation sites excluding steroid dienone is 1. The van der Waals surface area contributed by atoms with E-state index in [2.05, 4.69) is 41.6 Å². The van der Waals surface area contributed by atoms with Crippen molar-refractivity contribution in [1.82, 2.24) is 9.47 Å². The van der Waals surface area contributed by atoms with E-state index < -0.39 is 6.10 Å². The van der Waals surface area contributed by atoms with E-state index in [1.54, 1.807) is 6.08 Å². The average Bonchev–Trinajstić information content (AvgIpc) is 3.17. The quantitative estimate of drug-likeness (QED) is 0.254. The third-order valence-corrected chi connectivity index (χ3v) is 6.10. The molecule has 4 heteroatoms. The minimum atomic E-state index is -0.444. The van der Waals surface area contributed by atoms with Crippen molar-refractivity contribution >= 4 is 22.8 Å². The van der Waals surface area contributed by atoms with E-state index in [4.69, 9.17) is 0 Å². The van der Waals surface area contributed by atoms with Crippen molar-refractivity contribution in [3.8, 4) is 0 Å². The molecule has 1 N–H and O–H groups in total. The van der Waals surface area contributed by atoms with Gasteiger partial charge in [-0.05, 0) is 51.1 Å². The van der Waals surface area contributed by atoms with Gasteiger partial charge >= 0.3 is 0 Å². The molecule has 0 aliphatic carbocycles. The lowest BCUT2D eigenvalue weighted by molar-refractivity contribution is 0.0973. The molecule has 0 spiro atoms. The van der Waals surface area contributed by atoms with Crippen LogP contribution >= 0.6 is 0 Å². The van der Waals surface area contributed by atoms with Crippen LogP contribution in [-0.2, 0) is 6.54 Å². The first kappa shape index (κ1) is 24.9. The predicted octanol–water partition coefficient (Wildman–Crippen LogP) is 6.11. The number of ketones is 1. The lowest BCUT2D eigenvalue weighted by Gasteiger charge is -2.25. The number of nitrogens with zero attached hydrogens (tertiary/aromatic N) is 2. The smallest absolute Gasteiger partial charge is 0.185 e. The third-order valence-electron chi connectivity index (χ3n) is 6.10. The standard InChI is InChI=1S/C29H38N2O2/c1-4-6-18-30(19-7-5-2)21-26(32)22-31-20-25(27-10-8-9-11-28(27)31)16-17-29(33)24-14-12-23(3)13-15-24/h8-17,20,26,32H,4-7,18-19,21-22H2,1-3H3/b17-16+/t26-/m0/s1. The monoisotopic (exact) mass is 446 g/mol. The van der Waals surface area contributed by atoms with Crippen molar-refractivity contribution in [1.29, 1.82) is 0 Å². The molecule has 0 bridgehead atoms. The molecule has 1 heterocycles. The molecular weight excluding hydrogens is 408 g/mol. The molecule has 1 aromatic heterocycles. The minimum absolute atomic E-state index is 0.00523. The number of aryl methyl sites for hydroxylation is 1. The normalized spacial score (nSPS) is 12.8. The fraction of sp³-hybridized carbons (Fsp3) is 0.414. The van der Waals surface area contributed by atoms with Crippen molar-refractivity contribution in [2.45, 2.75) is 59.1 Å². The van der Waals surface area contributed by atoms with Crippen molar-refractivity contribution in [2.24, 2.45) is 0 Å². The van der Waals surface area contributed by atoms with Crippen LogP contribution in [0.4, 0.5) is 0 Å². The number of para-hydroxylation sites is 1. The highest BCUT2D eigenvalue weighted by Crippen LogP contribution is 2.23. The zero-order chi connectivity index (χ0) is 23.6.